The van der Waals surface area contributed by atoms with Crippen LogP contribution in [0.2, 0.25) is 0 Å². The van der Waals surface area contributed by atoms with E-state index >= 15 is 0 Å². The Kier molecular flexibility index (Phi) is 5.23. The van der Waals surface area contributed by atoms with Crippen molar-refractivity contribution in [3.05, 3.63) is 29.3 Å². The van der Waals surface area contributed by atoms with Gasteiger partial charge in [-0.3, -0.25) is 4.79 Å². The summed E-state index contributed by atoms with van der Waals surface area (Å²) in [6, 6.07) is 6.08. The van der Waals surface area contributed by atoms with Crippen LogP contribution in [-0.2, 0) is 0 Å². The van der Waals surface area contributed by atoms with Gasteiger partial charge in [0.1, 0.15) is 9.88 Å². The molecule has 0 aliphatic carbocycles. The average Bonchev–Trinajstić information content (AvgIpc) is 3.32. The van der Waals surface area contributed by atoms with Crippen LogP contribution in [0.3, 0.4) is 0 Å². The highest BCUT2D eigenvalue weighted by molar-refractivity contribution is 7.16. The van der Waals surface area contributed by atoms with Crippen molar-refractivity contribution in [2.45, 2.75) is 18.9 Å². The Balaban J connectivity index is 0.00000169. The molecule has 128 valence electrons. The number of ether oxygens (including phenoxy) is 2. The molecule has 8 heteroatoms. The normalized spacial score (nSPS) is 18.2. The zero-order chi connectivity index (χ0) is 15.6. The Bertz CT molecular complexity index is 731. The summed E-state index contributed by atoms with van der Waals surface area (Å²) in [7, 11) is 0. The van der Waals surface area contributed by atoms with E-state index in [1.54, 1.807) is 6.20 Å². The van der Waals surface area contributed by atoms with Crippen LogP contribution in [0, 0.1) is 0 Å². The van der Waals surface area contributed by atoms with E-state index in [1.807, 2.05) is 18.2 Å². The number of nitrogens with zero attached hydrogens (tertiary/aromatic N) is 1. The number of hydrogen-bond donors (Lipinski definition) is 2. The van der Waals surface area contributed by atoms with Gasteiger partial charge in [-0.05, 0) is 37.6 Å². The fourth-order valence-electron chi connectivity index (χ4n) is 2.78. The second-order valence-corrected chi connectivity index (χ2v) is 6.63. The highest BCUT2D eigenvalue weighted by Gasteiger charge is 2.18. The Morgan fingerprint density at radius 3 is 3.08 bits per heavy atom. The van der Waals surface area contributed by atoms with Crippen LogP contribution in [0.15, 0.2) is 24.4 Å². The van der Waals surface area contributed by atoms with E-state index < -0.39 is 0 Å². The first-order valence-corrected chi connectivity index (χ1v) is 8.49. The maximum Gasteiger partial charge on any atom is 0.263 e. The van der Waals surface area contributed by atoms with Gasteiger partial charge in [-0.25, -0.2) is 4.98 Å². The quantitative estimate of drug-likeness (QED) is 0.868. The number of carbonyl (C=O) groups excluding carboxylic acids is 1. The Hall–Kier alpha value is -1.83. The van der Waals surface area contributed by atoms with Crippen LogP contribution in [0.5, 0.6) is 11.5 Å². The number of hydrogen-bond acceptors (Lipinski definition) is 6. The molecule has 0 spiro atoms. The molecule has 4 rings (SSSR count). The van der Waals surface area contributed by atoms with Gasteiger partial charge in [0.15, 0.2) is 11.5 Å². The molecule has 0 radical (unpaired) electrons. The summed E-state index contributed by atoms with van der Waals surface area (Å²) >= 11 is 1.38. The molecule has 0 saturated carbocycles. The number of aromatic nitrogens is 1. The van der Waals surface area contributed by atoms with Gasteiger partial charge in [0, 0.05) is 18.2 Å². The molecular formula is C16H18ClN3O3S. The van der Waals surface area contributed by atoms with E-state index in [9.17, 15) is 4.79 Å². The summed E-state index contributed by atoms with van der Waals surface area (Å²) in [5.74, 6) is 1.39. The maximum atomic E-state index is 12.2. The SMILES string of the molecule is Cl.O=C(NCC1CCCN1)c1cnc(-c2ccc3c(c2)OCO3)s1. The fraction of sp³-hybridized carbons (Fsp3) is 0.375. The third-order valence-corrected chi connectivity index (χ3v) is 5.07. The molecule has 24 heavy (non-hydrogen) atoms. The molecule has 1 aromatic carbocycles. The number of benzene rings is 1. The van der Waals surface area contributed by atoms with Crippen molar-refractivity contribution < 1.29 is 14.3 Å². The number of thiazole rings is 1. The second kappa shape index (κ2) is 7.38. The molecule has 1 aromatic heterocycles. The predicted octanol–water partition coefficient (Wildman–Crippen LogP) is 2.44. The summed E-state index contributed by atoms with van der Waals surface area (Å²) in [6.45, 7) is 1.95. The molecule has 1 amide bonds. The standard InChI is InChI=1S/C16H17N3O3S.ClH/c20-15(18-7-11-2-1-5-17-11)14-8-19-16(23-14)10-3-4-12-13(6-10)22-9-21-12;/h3-4,6,8,11,17H,1-2,5,7,9H2,(H,18,20);1H. The van der Waals surface area contributed by atoms with Gasteiger partial charge < -0.3 is 20.1 Å². The van der Waals surface area contributed by atoms with Gasteiger partial charge in [0.05, 0.1) is 6.20 Å². The Morgan fingerprint density at radius 2 is 2.25 bits per heavy atom. The predicted molar refractivity (Wildman–Crippen MR) is 94.3 cm³/mol. The van der Waals surface area contributed by atoms with E-state index in [4.69, 9.17) is 9.47 Å². The lowest BCUT2D eigenvalue weighted by Gasteiger charge is -2.10. The summed E-state index contributed by atoms with van der Waals surface area (Å²) in [5.41, 5.74) is 0.927. The number of amides is 1. The highest BCUT2D eigenvalue weighted by Crippen LogP contribution is 2.36. The summed E-state index contributed by atoms with van der Waals surface area (Å²) in [5, 5.41) is 7.14. The summed E-state index contributed by atoms with van der Waals surface area (Å²) in [4.78, 5) is 17.2. The topological polar surface area (TPSA) is 72.5 Å². The Morgan fingerprint density at radius 1 is 1.38 bits per heavy atom. The third-order valence-electron chi connectivity index (χ3n) is 4.02. The first-order valence-electron chi connectivity index (χ1n) is 7.67. The molecule has 1 unspecified atom stereocenters. The number of halogens is 1. The Labute approximate surface area is 150 Å². The molecular weight excluding hydrogens is 350 g/mol. The second-order valence-electron chi connectivity index (χ2n) is 5.60. The summed E-state index contributed by atoms with van der Waals surface area (Å²) in [6.07, 6.45) is 3.92. The van der Waals surface area contributed by atoms with Crippen molar-refractivity contribution in [2.24, 2.45) is 0 Å². The van der Waals surface area contributed by atoms with Crippen molar-refractivity contribution in [1.29, 1.82) is 0 Å². The van der Waals surface area contributed by atoms with Gasteiger partial charge >= 0.3 is 0 Å². The average molecular weight is 368 g/mol. The minimum absolute atomic E-state index is 0. The molecule has 6 nitrogen and oxygen atoms in total. The number of carbonyl (C=O) groups is 1. The van der Waals surface area contributed by atoms with Crippen molar-refractivity contribution in [3.8, 4) is 22.1 Å². The lowest BCUT2D eigenvalue weighted by atomic mass is 10.2. The maximum absolute atomic E-state index is 12.2. The smallest absolute Gasteiger partial charge is 0.263 e. The lowest BCUT2D eigenvalue weighted by molar-refractivity contribution is 0.0954. The van der Waals surface area contributed by atoms with Crippen LogP contribution in [0.1, 0.15) is 22.5 Å². The van der Waals surface area contributed by atoms with E-state index in [0.717, 1.165) is 35.0 Å². The largest absolute Gasteiger partial charge is 0.454 e. The van der Waals surface area contributed by atoms with Gasteiger partial charge in [0.2, 0.25) is 6.79 Å². The number of rotatable bonds is 4. The third kappa shape index (κ3) is 3.48. The number of fused-ring (bicyclic) bond motifs is 1. The van der Waals surface area contributed by atoms with E-state index in [1.165, 1.54) is 17.8 Å². The molecule has 0 bridgehead atoms. The van der Waals surface area contributed by atoms with E-state index in [2.05, 4.69) is 15.6 Å². The van der Waals surface area contributed by atoms with Gasteiger partial charge in [-0.2, -0.15) is 0 Å². The van der Waals surface area contributed by atoms with Crippen LogP contribution in [-0.4, -0.2) is 36.8 Å². The fourth-order valence-corrected chi connectivity index (χ4v) is 3.60. The molecule has 1 saturated heterocycles. The van der Waals surface area contributed by atoms with Crippen LogP contribution >= 0.6 is 23.7 Å². The first-order chi connectivity index (χ1) is 11.3. The van der Waals surface area contributed by atoms with Gasteiger partial charge in [-0.1, -0.05) is 0 Å². The molecule has 1 fully saturated rings. The van der Waals surface area contributed by atoms with Gasteiger partial charge in [-0.15, -0.1) is 23.7 Å². The molecule has 1 atom stereocenters. The van der Waals surface area contributed by atoms with Crippen LogP contribution in [0.25, 0.3) is 10.6 Å². The highest BCUT2D eigenvalue weighted by atomic mass is 35.5. The zero-order valence-electron chi connectivity index (χ0n) is 12.9. The minimum atomic E-state index is -0.0665. The first kappa shape index (κ1) is 17.0. The monoisotopic (exact) mass is 367 g/mol. The molecule has 2 aromatic rings. The van der Waals surface area contributed by atoms with Crippen molar-refractivity contribution in [1.82, 2.24) is 15.6 Å². The van der Waals surface area contributed by atoms with Crippen molar-refractivity contribution >= 4 is 29.7 Å². The molecule has 3 heterocycles. The van der Waals surface area contributed by atoms with Crippen molar-refractivity contribution in [3.63, 3.8) is 0 Å². The van der Waals surface area contributed by atoms with Crippen LogP contribution in [0.4, 0.5) is 0 Å². The minimum Gasteiger partial charge on any atom is -0.454 e. The summed E-state index contributed by atoms with van der Waals surface area (Å²) < 4.78 is 10.7. The van der Waals surface area contributed by atoms with Crippen LogP contribution < -0.4 is 20.1 Å². The molecule has 2 aliphatic rings. The molecule has 2 aliphatic heterocycles. The van der Waals surface area contributed by atoms with E-state index in [-0.39, 0.29) is 25.1 Å². The van der Waals surface area contributed by atoms with E-state index in [0.29, 0.717) is 17.5 Å². The number of nitrogens with one attached hydrogen (secondary N) is 2. The zero-order valence-corrected chi connectivity index (χ0v) is 14.5. The lowest BCUT2D eigenvalue weighted by Crippen LogP contribution is -2.36. The van der Waals surface area contributed by atoms with Crippen molar-refractivity contribution in [2.75, 3.05) is 19.9 Å². The molecule has 2 N–H and O–H groups in total. The van der Waals surface area contributed by atoms with Gasteiger partial charge in [0.25, 0.3) is 5.91 Å².